The number of ether oxygens (including phenoxy) is 3. The van der Waals surface area contributed by atoms with Gasteiger partial charge < -0.3 is 14.2 Å². The number of nitrogens with one attached hydrogen (secondary N) is 1. The number of esters is 2. The Bertz CT molecular complexity index is 951. The standard InChI is InChI=1S/C21H24ClNO5/c1-12(24)26-17-14-9-7-6-8-13(14)16-15(10-11-20(2,3)28-16)18(17)27-19(25)21(4,5)23-22/h6-9,23H,10-11H2,1-5H3. The van der Waals surface area contributed by atoms with Crippen LogP contribution in [-0.2, 0) is 16.0 Å². The van der Waals surface area contributed by atoms with Gasteiger partial charge in [-0.25, -0.2) is 9.63 Å². The summed E-state index contributed by atoms with van der Waals surface area (Å²) < 4.78 is 17.5. The van der Waals surface area contributed by atoms with Crippen LogP contribution >= 0.6 is 11.8 Å². The van der Waals surface area contributed by atoms with E-state index < -0.39 is 17.5 Å². The second kappa shape index (κ2) is 7.26. The monoisotopic (exact) mass is 405 g/mol. The summed E-state index contributed by atoms with van der Waals surface area (Å²) in [5, 5.41) is 1.43. The minimum atomic E-state index is -1.14. The van der Waals surface area contributed by atoms with Crippen LogP contribution < -0.4 is 19.0 Å². The SMILES string of the molecule is CC(=O)Oc1c(OC(=O)C(C)(C)NCl)c2c(c3ccccc13)OC(C)(C)CC2. The fraction of sp³-hybridized carbons (Fsp3) is 0.429. The van der Waals surface area contributed by atoms with E-state index in [0.717, 1.165) is 11.8 Å². The molecule has 1 aliphatic rings. The lowest BCUT2D eigenvalue weighted by Crippen LogP contribution is -2.44. The molecule has 0 aromatic heterocycles. The number of carbonyl (C=O) groups excluding carboxylic acids is 2. The molecule has 1 heterocycles. The van der Waals surface area contributed by atoms with Crippen molar-refractivity contribution < 1.29 is 23.8 Å². The summed E-state index contributed by atoms with van der Waals surface area (Å²) >= 11 is 5.69. The van der Waals surface area contributed by atoms with Crippen molar-refractivity contribution >= 4 is 34.5 Å². The number of benzene rings is 2. The molecular weight excluding hydrogens is 382 g/mol. The van der Waals surface area contributed by atoms with Crippen molar-refractivity contribution in [3.8, 4) is 17.2 Å². The molecular formula is C21H24ClNO5. The van der Waals surface area contributed by atoms with Crippen molar-refractivity contribution in [3.63, 3.8) is 0 Å². The van der Waals surface area contributed by atoms with Gasteiger partial charge in [-0.2, -0.15) is 0 Å². The van der Waals surface area contributed by atoms with Crippen LogP contribution in [0, 0.1) is 0 Å². The lowest BCUT2D eigenvalue weighted by molar-refractivity contribution is -0.140. The zero-order valence-electron chi connectivity index (χ0n) is 16.6. The van der Waals surface area contributed by atoms with Gasteiger partial charge >= 0.3 is 11.9 Å². The van der Waals surface area contributed by atoms with Crippen LogP contribution in [0.2, 0.25) is 0 Å². The summed E-state index contributed by atoms with van der Waals surface area (Å²) in [5.74, 6) is -0.0529. The van der Waals surface area contributed by atoms with Gasteiger partial charge in [0.25, 0.3) is 0 Å². The van der Waals surface area contributed by atoms with Gasteiger partial charge in [0.1, 0.15) is 16.9 Å². The number of hydrogen-bond donors (Lipinski definition) is 1. The van der Waals surface area contributed by atoms with Crippen LogP contribution in [0.4, 0.5) is 0 Å². The molecule has 0 fully saturated rings. The zero-order chi connectivity index (χ0) is 20.7. The van der Waals surface area contributed by atoms with Crippen molar-refractivity contribution in [1.82, 2.24) is 4.84 Å². The molecule has 0 saturated carbocycles. The lowest BCUT2D eigenvalue weighted by atomic mass is 9.91. The average molecular weight is 406 g/mol. The molecule has 3 rings (SSSR count). The molecule has 150 valence electrons. The highest BCUT2D eigenvalue weighted by atomic mass is 35.5. The van der Waals surface area contributed by atoms with E-state index in [-0.39, 0.29) is 17.1 Å². The number of carbonyl (C=O) groups is 2. The molecule has 0 unspecified atom stereocenters. The second-order valence-electron chi connectivity index (χ2n) is 8.08. The Kier molecular flexibility index (Phi) is 5.30. The fourth-order valence-corrected chi connectivity index (χ4v) is 3.19. The molecule has 0 saturated heterocycles. The van der Waals surface area contributed by atoms with Crippen LogP contribution in [-0.4, -0.2) is 23.1 Å². The molecule has 0 radical (unpaired) electrons. The van der Waals surface area contributed by atoms with Gasteiger partial charge in [0, 0.05) is 23.3 Å². The maximum Gasteiger partial charge on any atom is 0.332 e. The summed E-state index contributed by atoms with van der Waals surface area (Å²) in [5.41, 5.74) is -0.799. The highest BCUT2D eigenvalue weighted by Gasteiger charge is 2.36. The van der Waals surface area contributed by atoms with Gasteiger partial charge in [-0.3, -0.25) is 4.79 Å². The van der Waals surface area contributed by atoms with E-state index in [1.54, 1.807) is 19.9 Å². The van der Waals surface area contributed by atoms with Gasteiger partial charge in [-0.05, 0) is 52.3 Å². The molecule has 28 heavy (non-hydrogen) atoms. The molecule has 0 spiro atoms. The number of fused-ring (bicyclic) bond motifs is 3. The van der Waals surface area contributed by atoms with Crippen LogP contribution in [0.15, 0.2) is 24.3 Å². The fourth-order valence-electron chi connectivity index (χ4n) is 3.11. The summed E-state index contributed by atoms with van der Waals surface area (Å²) in [4.78, 5) is 26.9. The summed E-state index contributed by atoms with van der Waals surface area (Å²) in [6.07, 6.45) is 1.33. The quantitative estimate of drug-likeness (QED) is 0.464. The van der Waals surface area contributed by atoms with E-state index in [4.69, 9.17) is 26.0 Å². The first kappa shape index (κ1) is 20.4. The van der Waals surface area contributed by atoms with Crippen molar-refractivity contribution in [1.29, 1.82) is 0 Å². The van der Waals surface area contributed by atoms with Crippen LogP contribution in [0.25, 0.3) is 10.8 Å². The van der Waals surface area contributed by atoms with Crippen LogP contribution in [0.5, 0.6) is 17.2 Å². The second-order valence-corrected chi connectivity index (χ2v) is 8.26. The van der Waals surface area contributed by atoms with Crippen LogP contribution in [0.1, 0.15) is 46.6 Å². The van der Waals surface area contributed by atoms with Gasteiger partial charge in [-0.1, -0.05) is 24.3 Å². The minimum Gasteiger partial charge on any atom is -0.487 e. The summed E-state index contributed by atoms with van der Waals surface area (Å²) in [6, 6.07) is 7.42. The first-order chi connectivity index (χ1) is 13.1. The molecule has 2 aromatic carbocycles. The third kappa shape index (κ3) is 3.80. The topological polar surface area (TPSA) is 73.9 Å². The van der Waals surface area contributed by atoms with E-state index in [0.29, 0.717) is 23.1 Å². The number of hydrogen-bond acceptors (Lipinski definition) is 6. The Morgan fingerprint density at radius 3 is 2.39 bits per heavy atom. The van der Waals surface area contributed by atoms with Crippen molar-refractivity contribution in [2.75, 3.05) is 0 Å². The molecule has 0 aliphatic carbocycles. The predicted molar refractivity (Wildman–Crippen MR) is 107 cm³/mol. The van der Waals surface area contributed by atoms with E-state index in [1.165, 1.54) is 6.92 Å². The molecule has 1 N–H and O–H groups in total. The summed E-state index contributed by atoms with van der Waals surface area (Å²) in [7, 11) is 0. The van der Waals surface area contributed by atoms with E-state index in [9.17, 15) is 9.59 Å². The predicted octanol–water partition coefficient (Wildman–Crippen LogP) is 4.30. The Labute approximate surface area is 169 Å². The maximum absolute atomic E-state index is 12.7. The normalized spacial score (nSPS) is 15.5. The highest BCUT2D eigenvalue weighted by Crippen LogP contribution is 2.50. The largest absolute Gasteiger partial charge is 0.487 e. The molecule has 0 atom stereocenters. The Morgan fingerprint density at radius 1 is 1.14 bits per heavy atom. The first-order valence-electron chi connectivity index (χ1n) is 9.11. The Hall–Kier alpha value is -2.31. The van der Waals surface area contributed by atoms with E-state index in [1.807, 2.05) is 32.0 Å². The first-order valence-corrected chi connectivity index (χ1v) is 9.48. The van der Waals surface area contributed by atoms with E-state index in [2.05, 4.69) is 4.84 Å². The third-order valence-corrected chi connectivity index (χ3v) is 5.19. The van der Waals surface area contributed by atoms with Crippen LogP contribution in [0.3, 0.4) is 0 Å². The number of halogens is 1. The molecule has 6 nitrogen and oxygen atoms in total. The van der Waals surface area contributed by atoms with Crippen molar-refractivity contribution in [2.45, 2.75) is 58.6 Å². The maximum atomic E-state index is 12.7. The van der Waals surface area contributed by atoms with Crippen molar-refractivity contribution in [3.05, 3.63) is 29.8 Å². The van der Waals surface area contributed by atoms with Gasteiger partial charge in [0.05, 0.1) is 0 Å². The minimum absolute atomic E-state index is 0.199. The molecule has 2 aromatic rings. The lowest BCUT2D eigenvalue weighted by Gasteiger charge is -2.35. The highest BCUT2D eigenvalue weighted by molar-refractivity contribution is 6.15. The molecule has 1 aliphatic heterocycles. The third-order valence-electron chi connectivity index (χ3n) is 4.71. The van der Waals surface area contributed by atoms with Gasteiger partial charge in [-0.15, -0.1) is 0 Å². The zero-order valence-corrected chi connectivity index (χ0v) is 17.4. The molecule has 7 heteroatoms. The smallest absolute Gasteiger partial charge is 0.332 e. The van der Waals surface area contributed by atoms with E-state index >= 15 is 0 Å². The molecule has 0 bridgehead atoms. The average Bonchev–Trinajstić information content (AvgIpc) is 2.63. The Morgan fingerprint density at radius 2 is 1.79 bits per heavy atom. The Balaban J connectivity index is 2.28. The number of rotatable bonds is 4. The van der Waals surface area contributed by atoms with Crippen molar-refractivity contribution in [2.24, 2.45) is 0 Å². The van der Waals surface area contributed by atoms with Gasteiger partial charge in [0.2, 0.25) is 0 Å². The molecule has 0 amide bonds. The summed E-state index contributed by atoms with van der Waals surface area (Å²) in [6.45, 7) is 8.53. The van der Waals surface area contributed by atoms with Gasteiger partial charge in [0.15, 0.2) is 11.5 Å².